The molecule has 2 aromatic rings. The number of hydrogen-bond acceptors (Lipinski definition) is 5. The van der Waals surface area contributed by atoms with E-state index in [1.807, 2.05) is 0 Å². The number of amides is 4. The predicted molar refractivity (Wildman–Crippen MR) is 123 cm³/mol. The lowest BCUT2D eigenvalue weighted by atomic mass is 10.2. The van der Waals surface area contributed by atoms with Crippen LogP contribution in [-0.4, -0.2) is 50.2 Å². The summed E-state index contributed by atoms with van der Waals surface area (Å²) in [5.74, 6) is -1.21. The second-order valence-corrected chi connectivity index (χ2v) is 9.68. The molecule has 0 unspecified atom stereocenters. The number of hydrogen-bond donors (Lipinski definition) is 4. The average Bonchev–Trinajstić information content (AvgIpc) is 2.83. The van der Waals surface area contributed by atoms with Crippen LogP contribution in [0.4, 0.5) is 10.5 Å². The van der Waals surface area contributed by atoms with Crippen LogP contribution in [0.25, 0.3) is 0 Å². The Hall–Kier alpha value is -3.15. The maximum Gasteiger partial charge on any atom is 0.337 e. The Morgan fingerprint density at radius 3 is 2.15 bits per heavy atom. The molecular weight excluding hydrogens is 470 g/mol. The van der Waals surface area contributed by atoms with Crippen LogP contribution in [0.1, 0.15) is 29.6 Å². The summed E-state index contributed by atoms with van der Waals surface area (Å²) in [7, 11) is -3.59. The molecular formula is C21H24ClN5O5S. The molecule has 1 fully saturated rings. The van der Waals surface area contributed by atoms with Crippen LogP contribution in [0.3, 0.4) is 0 Å². The summed E-state index contributed by atoms with van der Waals surface area (Å²) in [5.41, 5.74) is 5.00. The number of benzene rings is 2. The molecule has 0 saturated carbocycles. The van der Waals surface area contributed by atoms with Crippen molar-refractivity contribution in [3.05, 3.63) is 59.1 Å². The van der Waals surface area contributed by atoms with Crippen LogP contribution in [0, 0.1) is 0 Å². The first-order chi connectivity index (χ1) is 15.8. The third-order valence-corrected chi connectivity index (χ3v) is 7.06. The Kier molecular flexibility index (Phi) is 8.26. The van der Waals surface area contributed by atoms with Crippen LogP contribution in [-0.2, 0) is 14.8 Å². The van der Waals surface area contributed by atoms with E-state index in [9.17, 15) is 22.8 Å². The van der Waals surface area contributed by atoms with Crippen molar-refractivity contribution in [3.8, 4) is 0 Å². The molecule has 176 valence electrons. The molecule has 0 radical (unpaired) electrons. The Morgan fingerprint density at radius 1 is 0.879 bits per heavy atom. The number of rotatable bonds is 6. The van der Waals surface area contributed by atoms with Crippen molar-refractivity contribution < 1.29 is 22.8 Å². The molecule has 0 bridgehead atoms. The van der Waals surface area contributed by atoms with E-state index in [0.29, 0.717) is 23.8 Å². The Morgan fingerprint density at radius 2 is 1.52 bits per heavy atom. The first-order valence-electron chi connectivity index (χ1n) is 10.3. The highest BCUT2D eigenvalue weighted by atomic mass is 35.5. The number of hydrazine groups is 1. The normalized spacial score (nSPS) is 14.2. The van der Waals surface area contributed by atoms with Gasteiger partial charge in [0.25, 0.3) is 11.8 Å². The van der Waals surface area contributed by atoms with Crippen molar-refractivity contribution in [2.75, 3.05) is 25.0 Å². The molecule has 3 rings (SSSR count). The number of anilines is 1. The van der Waals surface area contributed by atoms with Crippen molar-refractivity contribution in [3.63, 3.8) is 0 Å². The summed E-state index contributed by atoms with van der Waals surface area (Å²) in [6.45, 7) is 0.588. The molecule has 10 nitrogen and oxygen atoms in total. The Labute approximate surface area is 196 Å². The zero-order chi connectivity index (χ0) is 23.8. The first-order valence-corrected chi connectivity index (χ1v) is 12.1. The van der Waals surface area contributed by atoms with Gasteiger partial charge in [-0.3, -0.25) is 15.0 Å². The minimum atomic E-state index is -3.59. The van der Waals surface area contributed by atoms with Crippen LogP contribution in [0.15, 0.2) is 53.4 Å². The molecule has 1 aliphatic rings. The number of piperidine rings is 1. The van der Waals surface area contributed by atoms with Gasteiger partial charge in [-0.05, 0) is 61.4 Å². The fourth-order valence-corrected chi connectivity index (χ4v) is 4.80. The van der Waals surface area contributed by atoms with Gasteiger partial charge in [0.2, 0.25) is 10.0 Å². The topological polar surface area (TPSA) is 137 Å². The lowest BCUT2D eigenvalue weighted by Gasteiger charge is -2.25. The lowest BCUT2D eigenvalue weighted by molar-refractivity contribution is -0.120. The molecule has 4 N–H and O–H groups in total. The standard InChI is InChI=1S/C21H24ClN5O5S/c22-16-6-8-17(9-7-16)24-21(30)26-25-19(28)14-23-20(29)15-4-10-18(11-5-15)33(31,32)27-12-2-1-3-13-27/h4-11H,1-3,12-14H2,(H,23,29)(H,25,28)(H2,24,26,30). The van der Waals surface area contributed by atoms with Gasteiger partial charge in [-0.15, -0.1) is 0 Å². The summed E-state index contributed by atoms with van der Waals surface area (Å²) >= 11 is 5.77. The highest BCUT2D eigenvalue weighted by Crippen LogP contribution is 2.20. The second kappa shape index (κ2) is 11.1. The molecule has 0 aliphatic carbocycles. The summed E-state index contributed by atoms with van der Waals surface area (Å²) < 4.78 is 26.8. The maximum absolute atomic E-state index is 12.7. The molecule has 12 heteroatoms. The molecule has 1 heterocycles. The number of halogens is 1. The van der Waals surface area contributed by atoms with Gasteiger partial charge in [0.15, 0.2) is 0 Å². The van der Waals surface area contributed by atoms with E-state index in [0.717, 1.165) is 19.3 Å². The molecule has 2 aromatic carbocycles. The first kappa shape index (κ1) is 24.5. The van der Waals surface area contributed by atoms with Crippen molar-refractivity contribution in [2.24, 2.45) is 0 Å². The van der Waals surface area contributed by atoms with Gasteiger partial charge >= 0.3 is 6.03 Å². The van der Waals surface area contributed by atoms with E-state index in [1.54, 1.807) is 24.3 Å². The number of carbonyl (C=O) groups is 3. The van der Waals surface area contributed by atoms with E-state index in [1.165, 1.54) is 28.6 Å². The van der Waals surface area contributed by atoms with Gasteiger partial charge in [0.05, 0.1) is 11.4 Å². The largest absolute Gasteiger partial charge is 0.343 e. The van der Waals surface area contributed by atoms with E-state index >= 15 is 0 Å². The molecule has 1 aliphatic heterocycles. The quantitative estimate of drug-likeness (QED) is 0.457. The molecule has 0 atom stereocenters. The van der Waals surface area contributed by atoms with Crippen LogP contribution in [0.2, 0.25) is 5.02 Å². The highest BCUT2D eigenvalue weighted by Gasteiger charge is 2.26. The van der Waals surface area contributed by atoms with Gasteiger partial charge in [-0.1, -0.05) is 18.0 Å². The number of nitrogens with zero attached hydrogens (tertiary/aromatic N) is 1. The van der Waals surface area contributed by atoms with E-state index in [2.05, 4.69) is 21.5 Å². The van der Waals surface area contributed by atoms with Crippen LogP contribution in [0.5, 0.6) is 0 Å². The van der Waals surface area contributed by atoms with Crippen molar-refractivity contribution in [2.45, 2.75) is 24.2 Å². The Balaban J connectivity index is 1.44. The molecule has 1 saturated heterocycles. The molecule has 4 amide bonds. The zero-order valence-corrected chi connectivity index (χ0v) is 19.2. The molecule has 33 heavy (non-hydrogen) atoms. The monoisotopic (exact) mass is 493 g/mol. The summed E-state index contributed by atoms with van der Waals surface area (Å²) in [6.07, 6.45) is 2.68. The van der Waals surface area contributed by atoms with E-state index in [-0.39, 0.29) is 10.5 Å². The number of nitrogens with one attached hydrogen (secondary N) is 4. The van der Waals surface area contributed by atoms with Gasteiger partial charge < -0.3 is 10.6 Å². The fourth-order valence-electron chi connectivity index (χ4n) is 3.16. The van der Waals surface area contributed by atoms with Crippen LogP contribution < -0.4 is 21.5 Å². The van der Waals surface area contributed by atoms with E-state index in [4.69, 9.17) is 11.6 Å². The summed E-state index contributed by atoms with van der Waals surface area (Å²) in [6, 6.07) is 11.2. The van der Waals surface area contributed by atoms with Gasteiger partial charge in [0.1, 0.15) is 0 Å². The van der Waals surface area contributed by atoms with Crippen molar-refractivity contribution in [1.82, 2.24) is 20.5 Å². The SMILES string of the molecule is O=C(CNC(=O)c1ccc(S(=O)(=O)N2CCCCC2)cc1)NNC(=O)Nc1ccc(Cl)cc1. The van der Waals surface area contributed by atoms with E-state index < -0.39 is 34.4 Å². The van der Waals surface area contributed by atoms with Gasteiger partial charge in [-0.25, -0.2) is 18.6 Å². The third-order valence-electron chi connectivity index (χ3n) is 4.90. The second-order valence-electron chi connectivity index (χ2n) is 7.31. The number of urea groups is 1. The fraction of sp³-hybridized carbons (Fsp3) is 0.286. The minimum absolute atomic E-state index is 0.120. The Bertz CT molecular complexity index is 1100. The minimum Gasteiger partial charge on any atom is -0.343 e. The van der Waals surface area contributed by atoms with Gasteiger partial charge in [-0.2, -0.15) is 4.31 Å². The maximum atomic E-state index is 12.7. The van der Waals surface area contributed by atoms with Gasteiger partial charge in [0, 0.05) is 29.4 Å². The predicted octanol–water partition coefficient (Wildman–Crippen LogP) is 2.10. The number of sulfonamides is 1. The van der Waals surface area contributed by atoms with Crippen molar-refractivity contribution in [1.29, 1.82) is 0 Å². The average molecular weight is 494 g/mol. The van der Waals surface area contributed by atoms with Crippen LogP contribution >= 0.6 is 11.6 Å². The molecule has 0 spiro atoms. The molecule has 0 aromatic heterocycles. The van der Waals surface area contributed by atoms with Crippen molar-refractivity contribution >= 4 is 45.2 Å². The summed E-state index contributed by atoms with van der Waals surface area (Å²) in [5, 5.41) is 5.41. The third kappa shape index (κ3) is 6.91. The summed E-state index contributed by atoms with van der Waals surface area (Å²) in [4.78, 5) is 36.0. The highest BCUT2D eigenvalue weighted by molar-refractivity contribution is 7.89. The smallest absolute Gasteiger partial charge is 0.337 e. The number of carbonyl (C=O) groups excluding carboxylic acids is 3. The zero-order valence-electron chi connectivity index (χ0n) is 17.6. The lowest BCUT2D eigenvalue weighted by Crippen LogP contribution is -2.47.